The van der Waals surface area contributed by atoms with Crippen molar-refractivity contribution < 1.29 is 18.7 Å². The second-order valence-corrected chi connectivity index (χ2v) is 5.06. The summed E-state index contributed by atoms with van der Waals surface area (Å²) in [5.41, 5.74) is 5.49. The number of primary amides is 1. The summed E-state index contributed by atoms with van der Waals surface area (Å²) >= 11 is 5.65. The maximum Gasteiger partial charge on any atom is 0.318 e. The maximum atomic E-state index is 13.5. The van der Waals surface area contributed by atoms with E-state index in [0.29, 0.717) is 18.6 Å². The van der Waals surface area contributed by atoms with Gasteiger partial charge in [0.05, 0.1) is 17.7 Å². The predicted octanol–water partition coefficient (Wildman–Crippen LogP) is 1.09. The van der Waals surface area contributed by atoms with Gasteiger partial charge in [0, 0.05) is 12.6 Å². The quantitative estimate of drug-likeness (QED) is 0.775. The van der Waals surface area contributed by atoms with Crippen molar-refractivity contribution in [2.75, 3.05) is 13.2 Å². The summed E-state index contributed by atoms with van der Waals surface area (Å²) < 4.78 is 19.1. The molecule has 6 nitrogen and oxygen atoms in total. The summed E-state index contributed by atoms with van der Waals surface area (Å²) in [7, 11) is 0. The zero-order valence-corrected chi connectivity index (χ0v) is 11.8. The van der Waals surface area contributed by atoms with Crippen LogP contribution in [0.3, 0.4) is 0 Å². The fourth-order valence-corrected chi connectivity index (χ4v) is 2.34. The minimum absolute atomic E-state index is 0.0436. The number of ether oxygens (including phenoxy) is 1. The molecule has 21 heavy (non-hydrogen) atoms. The number of amides is 3. The van der Waals surface area contributed by atoms with Crippen LogP contribution in [-0.4, -0.2) is 31.1 Å². The molecule has 1 aliphatic heterocycles. The number of rotatable bonds is 4. The van der Waals surface area contributed by atoms with Crippen molar-refractivity contribution >= 4 is 23.5 Å². The van der Waals surface area contributed by atoms with Crippen molar-refractivity contribution in [3.63, 3.8) is 0 Å². The van der Waals surface area contributed by atoms with Crippen molar-refractivity contribution in [3.8, 4) is 0 Å². The summed E-state index contributed by atoms with van der Waals surface area (Å²) in [6.07, 6.45) is 0.289. The average molecular weight is 316 g/mol. The van der Waals surface area contributed by atoms with Gasteiger partial charge in [-0.1, -0.05) is 17.7 Å². The van der Waals surface area contributed by atoms with Crippen molar-refractivity contribution in [3.05, 3.63) is 34.6 Å². The number of hydrogen-bond acceptors (Lipinski definition) is 4. The van der Waals surface area contributed by atoms with Gasteiger partial charge in [-0.2, -0.15) is 0 Å². The zero-order chi connectivity index (χ0) is 15.4. The van der Waals surface area contributed by atoms with Crippen LogP contribution in [0.25, 0.3) is 0 Å². The average Bonchev–Trinajstić information content (AvgIpc) is 2.87. The van der Waals surface area contributed by atoms with E-state index in [-0.39, 0.29) is 23.7 Å². The molecule has 0 bridgehead atoms. The summed E-state index contributed by atoms with van der Waals surface area (Å²) in [5.74, 6) is -1.05. The van der Waals surface area contributed by atoms with E-state index in [0.717, 1.165) is 0 Å². The molecule has 0 saturated carbocycles. The van der Waals surface area contributed by atoms with Crippen molar-refractivity contribution in [1.29, 1.82) is 0 Å². The lowest BCUT2D eigenvalue weighted by molar-refractivity contribution is -0.119. The standard InChI is InChI=1S/C13H15ClFN3O3/c14-8-2-1-7(5-9(8)15)12-10(3-4-21-12)17-6-11(19)18-13(16)20/h1-2,5,10,12,17H,3-4,6H2,(H3,16,18,19,20)/t10-,12+/m1/s1. The Morgan fingerprint density at radius 1 is 1.48 bits per heavy atom. The first kappa shape index (κ1) is 15.7. The van der Waals surface area contributed by atoms with Crippen LogP contribution in [0.15, 0.2) is 18.2 Å². The highest BCUT2D eigenvalue weighted by Crippen LogP contribution is 2.30. The summed E-state index contributed by atoms with van der Waals surface area (Å²) in [6, 6.07) is 3.39. The molecule has 1 heterocycles. The van der Waals surface area contributed by atoms with E-state index < -0.39 is 17.8 Å². The number of urea groups is 1. The van der Waals surface area contributed by atoms with Crippen LogP contribution < -0.4 is 16.4 Å². The SMILES string of the molecule is NC(=O)NC(=O)CN[C@@H]1CCO[C@H]1c1ccc(Cl)c(F)c1. The molecule has 4 N–H and O–H groups in total. The lowest BCUT2D eigenvalue weighted by Crippen LogP contribution is -2.44. The van der Waals surface area contributed by atoms with Crippen molar-refractivity contribution in [2.24, 2.45) is 5.73 Å². The number of carbonyl (C=O) groups excluding carboxylic acids is 2. The van der Waals surface area contributed by atoms with Crippen LogP contribution in [-0.2, 0) is 9.53 Å². The topological polar surface area (TPSA) is 93.5 Å². The van der Waals surface area contributed by atoms with Crippen LogP contribution in [0.4, 0.5) is 9.18 Å². The summed E-state index contributed by atoms with van der Waals surface area (Å²) in [4.78, 5) is 21.9. The fourth-order valence-electron chi connectivity index (χ4n) is 2.22. The first-order valence-corrected chi connectivity index (χ1v) is 6.74. The molecular formula is C13H15ClFN3O3. The first-order chi connectivity index (χ1) is 9.97. The minimum atomic E-state index is -0.902. The Morgan fingerprint density at radius 3 is 2.90 bits per heavy atom. The van der Waals surface area contributed by atoms with Gasteiger partial charge in [-0.05, 0) is 24.1 Å². The van der Waals surface area contributed by atoms with Crippen molar-refractivity contribution in [2.45, 2.75) is 18.6 Å². The Labute approximate surface area is 125 Å². The van der Waals surface area contributed by atoms with E-state index in [4.69, 9.17) is 22.1 Å². The lowest BCUT2D eigenvalue weighted by atomic mass is 10.0. The van der Waals surface area contributed by atoms with Gasteiger partial charge < -0.3 is 15.8 Å². The van der Waals surface area contributed by atoms with E-state index in [1.807, 2.05) is 5.32 Å². The van der Waals surface area contributed by atoms with Gasteiger partial charge >= 0.3 is 6.03 Å². The number of halogens is 2. The molecule has 1 aliphatic rings. The molecule has 1 aromatic rings. The Kier molecular flexibility index (Phi) is 5.11. The Morgan fingerprint density at radius 2 is 2.24 bits per heavy atom. The van der Waals surface area contributed by atoms with Gasteiger partial charge in [0.2, 0.25) is 5.91 Å². The van der Waals surface area contributed by atoms with E-state index in [1.54, 1.807) is 6.07 Å². The third-order valence-corrected chi connectivity index (χ3v) is 3.46. The highest BCUT2D eigenvalue weighted by Gasteiger charge is 2.30. The molecule has 0 unspecified atom stereocenters. The highest BCUT2D eigenvalue weighted by atomic mass is 35.5. The second kappa shape index (κ2) is 6.84. The molecule has 2 atom stereocenters. The largest absolute Gasteiger partial charge is 0.372 e. The second-order valence-electron chi connectivity index (χ2n) is 4.65. The molecule has 1 aromatic carbocycles. The molecule has 2 rings (SSSR count). The predicted molar refractivity (Wildman–Crippen MR) is 74.2 cm³/mol. The smallest absolute Gasteiger partial charge is 0.318 e. The van der Waals surface area contributed by atoms with E-state index in [1.165, 1.54) is 12.1 Å². The molecule has 0 aliphatic carbocycles. The van der Waals surface area contributed by atoms with Gasteiger partial charge in [0.1, 0.15) is 5.82 Å². The first-order valence-electron chi connectivity index (χ1n) is 6.36. The Hall–Kier alpha value is -1.70. The van der Waals surface area contributed by atoms with E-state index >= 15 is 0 Å². The minimum Gasteiger partial charge on any atom is -0.372 e. The molecule has 0 aromatic heterocycles. The normalized spacial score (nSPS) is 21.2. The highest BCUT2D eigenvalue weighted by molar-refractivity contribution is 6.30. The molecule has 1 saturated heterocycles. The van der Waals surface area contributed by atoms with Gasteiger partial charge in [-0.3, -0.25) is 10.1 Å². The van der Waals surface area contributed by atoms with Gasteiger partial charge in [-0.25, -0.2) is 9.18 Å². The molecule has 114 valence electrons. The summed E-state index contributed by atoms with van der Waals surface area (Å²) in [6.45, 7) is 0.410. The third kappa shape index (κ3) is 4.13. The van der Waals surface area contributed by atoms with E-state index in [9.17, 15) is 14.0 Å². The van der Waals surface area contributed by atoms with Crippen LogP contribution >= 0.6 is 11.6 Å². The monoisotopic (exact) mass is 315 g/mol. The maximum absolute atomic E-state index is 13.5. The summed E-state index contributed by atoms with van der Waals surface area (Å²) in [5, 5.41) is 4.97. The molecule has 1 fully saturated rings. The van der Waals surface area contributed by atoms with Crippen LogP contribution in [0.2, 0.25) is 5.02 Å². The van der Waals surface area contributed by atoms with Gasteiger partial charge in [-0.15, -0.1) is 0 Å². The molecule has 0 spiro atoms. The molecule has 0 radical (unpaired) electrons. The van der Waals surface area contributed by atoms with Crippen LogP contribution in [0.1, 0.15) is 18.1 Å². The van der Waals surface area contributed by atoms with Gasteiger partial charge in [0.25, 0.3) is 0 Å². The number of benzene rings is 1. The lowest BCUT2D eigenvalue weighted by Gasteiger charge is -2.20. The van der Waals surface area contributed by atoms with Crippen LogP contribution in [0, 0.1) is 5.82 Å². The van der Waals surface area contributed by atoms with Crippen molar-refractivity contribution in [1.82, 2.24) is 10.6 Å². The van der Waals surface area contributed by atoms with E-state index in [2.05, 4.69) is 5.32 Å². The number of nitrogens with two attached hydrogens (primary N) is 1. The number of carbonyl (C=O) groups is 2. The van der Waals surface area contributed by atoms with Crippen LogP contribution in [0.5, 0.6) is 0 Å². The fraction of sp³-hybridized carbons (Fsp3) is 0.385. The molecular weight excluding hydrogens is 301 g/mol. The molecule has 8 heteroatoms. The Balaban J connectivity index is 1.98. The number of imide groups is 1. The number of hydrogen-bond donors (Lipinski definition) is 3. The van der Waals surface area contributed by atoms with Gasteiger partial charge in [0.15, 0.2) is 0 Å². The molecule has 3 amide bonds. The zero-order valence-electron chi connectivity index (χ0n) is 11.1. The number of nitrogens with one attached hydrogen (secondary N) is 2. The third-order valence-electron chi connectivity index (χ3n) is 3.15. The Bertz CT molecular complexity index is 555.